The third-order valence-corrected chi connectivity index (χ3v) is 3.50. The van der Waals surface area contributed by atoms with E-state index < -0.39 is 0 Å². The first-order valence-corrected chi connectivity index (χ1v) is 6.54. The maximum Gasteiger partial charge on any atom is 0.0597 e. The average molecular weight is 236 g/mol. The molecule has 0 aromatic carbocycles. The Hall–Kier alpha value is -0.870. The first-order valence-electron chi connectivity index (χ1n) is 6.54. The fourth-order valence-corrected chi connectivity index (χ4v) is 2.67. The fourth-order valence-electron chi connectivity index (χ4n) is 2.67. The van der Waals surface area contributed by atoms with Gasteiger partial charge in [-0.1, -0.05) is 0 Å². The molecule has 0 saturated carbocycles. The van der Waals surface area contributed by atoms with Crippen LogP contribution in [-0.2, 0) is 13.6 Å². The Morgan fingerprint density at radius 2 is 2.41 bits per heavy atom. The largest absolute Gasteiger partial charge is 0.316 e. The zero-order chi connectivity index (χ0) is 12.3. The van der Waals surface area contributed by atoms with Crippen LogP contribution in [0.5, 0.6) is 0 Å². The SMILES string of the molecule is Cc1cc(CN(C)CC2CCCNC2)n(C)n1. The molecular weight excluding hydrogens is 212 g/mol. The summed E-state index contributed by atoms with van der Waals surface area (Å²) in [6, 6.07) is 2.18. The van der Waals surface area contributed by atoms with Crippen LogP contribution < -0.4 is 5.32 Å². The molecular formula is C13H24N4. The van der Waals surface area contributed by atoms with Crippen LogP contribution in [0.4, 0.5) is 0 Å². The van der Waals surface area contributed by atoms with Crippen LogP contribution in [-0.4, -0.2) is 41.4 Å². The van der Waals surface area contributed by atoms with Crippen LogP contribution in [0.2, 0.25) is 0 Å². The summed E-state index contributed by atoms with van der Waals surface area (Å²) in [5, 5.41) is 7.86. The Labute approximate surface area is 104 Å². The molecule has 1 aliphatic heterocycles. The van der Waals surface area contributed by atoms with Gasteiger partial charge in [-0.15, -0.1) is 0 Å². The molecule has 17 heavy (non-hydrogen) atoms. The highest BCUT2D eigenvalue weighted by Gasteiger charge is 2.15. The molecule has 1 aromatic rings. The van der Waals surface area contributed by atoms with E-state index in [0.717, 1.165) is 18.2 Å². The third-order valence-electron chi connectivity index (χ3n) is 3.50. The van der Waals surface area contributed by atoms with Crippen molar-refractivity contribution in [2.45, 2.75) is 26.3 Å². The molecule has 0 aliphatic carbocycles. The number of nitrogens with zero attached hydrogens (tertiary/aromatic N) is 3. The van der Waals surface area contributed by atoms with Crippen molar-refractivity contribution >= 4 is 0 Å². The highest BCUT2D eigenvalue weighted by molar-refractivity contribution is 5.08. The van der Waals surface area contributed by atoms with Crippen molar-refractivity contribution in [3.05, 3.63) is 17.5 Å². The Morgan fingerprint density at radius 1 is 1.59 bits per heavy atom. The van der Waals surface area contributed by atoms with Gasteiger partial charge in [-0.25, -0.2) is 0 Å². The van der Waals surface area contributed by atoms with Gasteiger partial charge in [0.15, 0.2) is 0 Å². The van der Waals surface area contributed by atoms with Gasteiger partial charge in [-0.05, 0) is 51.9 Å². The van der Waals surface area contributed by atoms with E-state index >= 15 is 0 Å². The highest BCUT2D eigenvalue weighted by atomic mass is 15.3. The van der Waals surface area contributed by atoms with Crippen molar-refractivity contribution in [3.63, 3.8) is 0 Å². The lowest BCUT2D eigenvalue weighted by atomic mass is 9.99. The number of aromatic nitrogens is 2. The minimum Gasteiger partial charge on any atom is -0.316 e. The summed E-state index contributed by atoms with van der Waals surface area (Å²) in [7, 11) is 4.23. The summed E-state index contributed by atoms with van der Waals surface area (Å²) in [5.41, 5.74) is 2.41. The molecule has 1 unspecified atom stereocenters. The molecule has 1 aliphatic rings. The standard InChI is InChI=1S/C13H24N4/c1-11-7-13(17(3)15-11)10-16(2)9-12-5-4-6-14-8-12/h7,12,14H,4-6,8-10H2,1-3H3. The van der Waals surface area contributed by atoms with Gasteiger partial charge in [-0.3, -0.25) is 4.68 Å². The molecule has 0 amide bonds. The molecule has 1 N–H and O–H groups in total. The van der Waals surface area contributed by atoms with Crippen molar-refractivity contribution in [1.29, 1.82) is 0 Å². The zero-order valence-corrected chi connectivity index (χ0v) is 11.2. The Morgan fingerprint density at radius 3 is 3.00 bits per heavy atom. The molecule has 2 heterocycles. The summed E-state index contributed by atoms with van der Waals surface area (Å²) in [6.45, 7) is 6.59. The van der Waals surface area contributed by atoms with E-state index in [1.165, 1.54) is 38.2 Å². The predicted octanol–water partition coefficient (Wildman–Crippen LogP) is 1.16. The van der Waals surface area contributed by atoms with Gasteiger partial charge >= 0.3 is 0 Å². The molecule has 1 atom stereocenters. The quantitative estimate of drug-likeness (QED) is 0.851. The molecule has 1 saturated heterocycles. The summed E-state index contributed by atoms with van der Waals surface area (Å²) in [5.74, 6) is 0.808. The van der Waals surface area contributed by atoms with E-state index in [2.05, 4.69) is 35.4 Å². The second-order valence-electron chi connectivity index (χ2n) is 5.31. The lowest BCUT2D eigenvalue weighted by Gasteiger charge is -2.27. The van der Waals surface area contributed by atoms with Gasteiger partial charge < -0.3 is 10.2 Å². The summed E-state index contributed by atoms with van der Waals surface area (Å²) in [6.07, 6.45) is 2.69. The van der Waals surface area contributed by atoms with Gasteiger partial charge in [0.25, 0.3) is 0 Å². The van der Waals surface area contributed by atoms with Crippen molar-refractivity contribution in [1.82, 2.24) is 20.0 Å². The number of nitrogens with one attached hydrogen (secondary N) is 1. The van der Waals surface area contributed by atoms with Gasteiger partial charge in [0.1, 0.15) is 0 Å². The lowest BCUT2D eigenvalue weighted by molar-refractivity contribution is 0.233. The van der Waals surface area contributed by atoms with Crippen LogP contribution >= 0.6 is 0 Å². The van der Waals surface area contributed by atoms with Crippen LogP contribution in [0.15, 0.2) is 6.07 Å². The first-order chi connectivity index (χ1) is 8.15. The average Bonchev–Trinajstić information content (AvgIpc) is 2.58. The Bertz CT molecular complexity index is 352. The van der Waals surface area contributed by atoms with E-state index in [-0.39, 0.29) is 0 Å². The highest BCUT2D eigenvalue weighted by Crippen LogP contribution is 2.13. The summed E-state index contributed by atoms with van der Waals surface area (Å²) in [4.78, 5) is 2.41. The number of aryl methyl sites for hydroxylation is 2. The topological polar surface area (TPSA) is 33.1 Å². The van der Waals surface area contributed by atoms with Crippen LogP contribution in [0.1, 0.15) is 24.2 Å². The summed E-state index contributed by atoms with van der Waals surface area (Å²) < 4.78 is 1.99. The predicted molar refractivity (Wildman–Crippen MR) is 69.9 cm³/mol. The second kappa shape index (κ2) is 5.65. The van der Waals surface area contributed by atoms with E-state index in [4.69, 9.17) is 0 Å². The maximum absolute atomic E-state index is 4.39. The van der Waals surface area contributed by atoms with Gasteiger partial charge in [0, 0.05) is 20.1 Å². The van der Waals surface area contributed by atoms with Gasteiger partial charge in [0.05, 0.1) is 11.4 Å². The Balaban J connectivity index is 1.83. The first kappa shape index (κ1) is 12.6. The Kier molecular flexibility index (Phi) is 4.18. The van der Waals surface area contributed by atoms with Gasteiger partial charge in [0.2, 0.25) is 0 Å². The number of hydrogen-bond acceptors (Lipinski definition) is 3. The van der Waals surface area contributed by atoms with Crippen molar-refractivity contribution < 1.29 is 0 Å². The molecule has 1 fully saturated rings. The molecule has 96 valence electrons. The van der Waals surface area contributed by atoms with E-state index in [1.54, 1.807) is 0 Å². The van der Waals surface area contributed by atoms with Crippen LogP contribution in [0, 0.1) is 12.8 Å². The third kappa shape index (κ3) is 3.54. The number of rotatable bonds is 4. The van der Waals surface area contributed by atoms with Crippen molar-refractivity contribution in [2.24, 2.45) is 13.0 Å². The normalized spacial score (nSPS) is 21.1. The zero-order valence-electron chi connectivity index (χ0n) is 11.2. The molecule has 4 nitrogen and oxygen atoms in total. The van der Waals surface area contributed by atoms with E-state index in [1.807, 2.05) is 11.7 Å². The molecule has 1 aromatic heterocycles. The smallest absolute Gasteiger partial charge is 0.0597 e. The molecule has 0 radical (unpaired) electrons. The number of hydrogen-bond donors (Lipinski definition) is 1. The molecule has 0 spiro atoms. The lowest BCUT2D eigenvalue weighted by Crippen LogP contribution is -2.36. The fraction of sp³-hybridized carbons (Fsp3) is 0.769. The molecule has 4 heteroatoms. The van der Waals surface area contributed by atoms with Crippen LogP contribution in [0.3, 0.4) is 0 Å². The minimum atomic E-state index is 0.808. The van der Waals surface area contributed by atoms with E-state index in [9.17, 15) is 0 Å². The second-order valence-corrected chi connectivity index (χ2v) is 5.31. The van der Waals surface area contributed by atoms with Crippen molar-refractivity contribution in [2.75, 3.05) is 26.7 Å². The monoisotopic (exact) mass is 236 g/mol. The van der Waals surface area contributed by atoms with E-state index in [0.29, 0.717) is 0 Å². The maximum atomic E-state index is 4.39. The molecule has 0 bridgehead atoms. The van der Waals surface area contributed by atoms with Crippen LogP contribution in [0.25, 0.3) is 0 Å². The molecule has 2 rings (SSSR count). The number of piperidine rings is 1. The summed E-state index contributed by atoms with van der Waals surface area (Å²) >= 11 is 0. The van der Waals surface area contributed by atoms with Crippen molar-refractivity contribution in [3.8, 4) is 0 Å². The van der Waals surface area contributed by atoms with Gasteiger partial charge in [-0.2, -0.15) is 5.10 Å². The minimum absolute atomic E-state index is 0.808.